The van der Waals surface area contributed by atoms with Crippen molar-refractivity contribution >= 4 is 17.4 Å². The van der Waals surface area contributed by atoms with E-state index in [-0.39, 0.29) is 5.78 Å². The van der Waals surface area contributed by atoms with E-state index < -0.39 is 0 Å². The fourth-order valence-electron chi connectivity index (χ4n) is 1.43. The number of halogens is 1. The van der Waals surface area contributed by atoms with Crippen LogP contribution < -0.4 is 10.5 Å². The Hall–Kier alpha value is -1.06. The molecule has 0 unspecified atom stereocenters. The van der Waals surface area contributed by atoms with E-state index >= 15 is 0 Å². The number of carbonyl (C=O) groups is 1. The lowest BCUT2D eigenvalue weighted by atomic mass is 10.0. The molecule has 0 spiro atoms. The van der Waals surface area contributed by atoms with Gasteiger partial charge in [0.25, 0.3) is 0 Å². The highest BCUT2D eigenvalue weighted by molar-refractivity contribution is 6.32. The number of carbonyl (C=O) groups excluding carboxylic acids is 1. The number of ether oxygens (including phenoxy) is 1. The van der Waals surface area contributed by atoms with Crippen molar-refractivity contribution in [3.8, 4) is 5.75 Å². The molecule has 2 N–H and O–H groups in total. The smallest absolute Gasteiger partial charge is 0.168 e. The van der Waals surface area contributed by atoms with Crippen LogP contribution in [0.25, 0.3) is 0 Å². The molecule has 0 saturated carbocycles. The minimum atomic E-state index is -0.0330. The largest absolute Gasteiger partial charge is 0.496 e. The van der Waals surface area contributed by atoms with Crippen LogP contribution in [0.1, 0.15) is 22.3 Å². The van der Waals surface area contributed by atoms with Gasteiger partial charge >= 0.3 is 0 Å². The van der Waals surface area contributed by atoms with Crippen LogP contribution in [0.2, 0.25) is 5.02 Å². The number of nitrogens with two attached hydrogens (primary N) is 1. The SMILES string of the molecule is COc1ccc(Cl)c(C)c1C(=O)CCN. The van der Waals surface area contributed by atoms with Crippen molar-refractivity contribution in [3.63, 3.8) is 0 Å². The van der Waals surface area contributed by atoms with Gasteiger partial charge in [0, 0.05) is 11.4 Å². The molecule has 0 amide bonds. The van der Waals surface area contributed by atoms with Crippen LogP contribution in [-0.4, -0.2) is 19.4 Å². The van der Waals surface area contributed by atoms with Gasteiger partial charge in [0.05, 0.1) is 12.7 Å². The number of ketones is 1. The van der Waals surface area contributed by atoms with Crippen molar-refractivity contribution in [2.75, 3.05) is 13.7 Å². The van der Waals surface area contributed by atoms with E-state index in [1.54, 1.807) is 19.1 Å². The molecular formula is C11H14ClNO2. The average molecular weight is 228 g/mol. The lowest BCUT2D eigenvalue weighted by molar-refractivity contribution is 0.0982. The van der Waals surface area contributed by atoms with Crippen LogP contribution in [0.4, 0.5) is 0 Å². The third kappa shape index (κ3) is 2.49. The van der Waals surface area contributed by atoms with E-state index in [0.29, 0.717) is 29.3 Å². The molecule has 4 heteroatoms. The highest BCUT2D eigenvalue weighted by Gasteiger charge is 2.16. The van der Waals surface area contributed by atoms with Crippen molar-refractivity contribution < 1.29 is 9.53 Å². The number of Topliss-reactive ketones (excluding diaryl/α,β-unsaturated/α-hetero) is 1. The summed E-state index contributed by atoms with van der Waals surface area (Å²) >= 11 is 5.95. The molecule has 0 aliphatic rings. The monoisotopic (exact) mass is 227 g/mol. The van der Waals surface area contributed by atoms with Gasteiger partial charge in [-0.15, -0.1) is 0 Å². The molecule has 0 aromatic heterocycles. The van der Waals surface area contributed by atoms with Gasteiger partial charge in [-0.2, -0.15) is 0 Å². The molecule has 1 aromatic rings. The van der Waals surface area contributed by atoms with Gasteiger partial charge in [-0.1, -0.05) is 11.6 Å². The minimum Gasteiger partial charge on any atom is -0.496 e. The first kappa shape index (κ1) is 12.0. The summed E-state index contributed by atoms with van der Waals surface area (Å²) in [6.07, 6.45) is 0.303. The van der Waals surface area contributed by atoms with Gasteiger partial charge in [0.1, 0.15) is 5.75 Å². The van der Waals surface area contributed by atoms with Gasteiger partial charge in [0.15, 0.2) is 5.78 Å². The number of benzene rings is 1. The van der Waals surface area contributed by atoms with Gasteiger partial charge < -0.3 is 10.5 Å². The van der Waals surface area contributed by atoms with Crippen LogP contribution >= 0.6 is 11.6 Å². The van der Waals surface area contributed by atoms with Crippen LogP contribution in [0.15, 0.2) is 12.1 Å². The van der Waals surface area contributed by atoms with E-state index in [4.69, 9.17) is 22.1 Å². The summed E-state index contributed by atoms with van der Waals surface area (Å²) < 4.78 is 5.13. The molecule has 15 heavy (non-hydrogen) atoms. The fourth-order valence-corrected chi connectivity index (χ4v) is 1.59. The molecule has 0 atom stereocenters. The quantitative estimate of drug-likeness (QED) is 0.803. The zero-order valence-electron chi connectivity index (χ0n) is 8.84. The standard InChI is InChI=1S/C11H14ClNO2/c1-7-8(12)3-4-10(15-2)11(7)9(14)5-6-13/h3-4H,5-6,13H2,1-2H3. The predicted molar refractivity (Wildman–Crippen MR) is 60.7 cm³/mol. The van der Waals surface area contributed by atoms with E-state index in [1.807, 2.05) is 0 Å². The molecule has 0 heterocycles. The summed E-state index contributed by atoms with van der Waals surface area (Å²) in [6.45, 7) is 2.13. The van der Waals surface area contributed by atoms with Crippen LogP contribution in [0, 0.1) is 6.92 Å². The molecule has 3 nitrogen and oxygen atoms in total. The summed E-state index contributed by atoms with van der Waals surface area (Å²) in [5.74, 6) is 0.518. The van der Waals surface area contributed by atoms with Gasteiger partial charge in [-0.25, -0.2) is 0 Å². The Bertz CT molecular complexity index is 377. The molecule has 82 valence electrons. The lowest BCUT2D eigenvalue weighted by Crippen LogP contribution is -2.11. The molecule has 0 saturated heterocycles. The van der Waals surface area contributed by atoms with Crippen molar-refractivity contribution in [1.82, 2.24) is 0 Å². The molecule has 0 radical (unpaired) electrons. The average Bonchev–Trinajstić information content (AvgIpc) is 2.22. The Morgan fingerprint density at radius 3 is 2.73 bits per heavy atom. The predicted octanol–water partition coefficient (Wildman–Crippen LogP) is 2.19. The molecule has 0 bridgehead atoms. The summed E-state index contributed by atoms with van der Waals surface area (Å²) in [6, 6.07) is 3.41. The minimum absolute atomic E-state index is 0.0330. The second-order valence-corrected chi connectivity index (χ2v) is 3.62. The van der Waals surface area contributed by atoms with Crippen molar-refractivity contribution in [2.45, 2.75) is 13.3 Å². The van der Waals surface area contributed by atoms with Crippen molar-refractivity contribution in [3.05, 3.63) is 28.3 Å². The molecule has 1 rings (SSSR count). The maximum absolute atomic E-state index is 11.8. The van der Waals surface area contributed by atoms with Crippen LogP contribution in [0.5, 0.6) is 5.75 Å². The summed E-state index contributed by atoms with van der Waals surface area (Å²) in [4.78, 5) is 11.8. The molecular weight excluding hydrogens is 214 g/mol. The molecule has 0 fully saturated rings. The number of hydrogen-bond donors (Lipinski definition) is 1. The second kappa shape index (κ2) is 5.14. The second-order valence-electron chi connectivity index (χ2n) is 3.21. The highest BCUT2D eigenvalue weighted by Crippen LogP contribution is 2.28. The first-order valence-corrected chi connectivity index (χ1v) is 5.06. The highest BCUT2D eigenvalue weighted by atomic mass is 35.5. The Labute approximate surface area is 94.2 Å². The Kier molecular flexibility index (Phi) is 4.12. The Balaban J connectivity index is 3.23. The van der Waals surface area contributed by atoms with Gasteiger partial charge in [0.2, 0.25) is 0 Å². The normalized spacial score (nSPS) is 10.1. The third-order valence-electron chi connectivity index (χ3n) is 2.23. The van der Waals surface area contributed by atoms with Gasteiger partial charge in [-0.05, 0) is 31.2 Å². The number of hydrogen-bond acceptors (Lipinski definition) is 3. The molecule has 1 aromatic carbocycles. The molecule has 0 aliphatic heterocycles. The number of rotatable bonds is 4. The first-order valence-electron chi connectivity index (χ1n) is 4.68. The molecule has 0 aliphatic carbocycles. The number of methoxy groups -OCH3 is 1. The third-order valence-corrected chi connectivity index (χ3v) is 2.64. The summed E-state index contributed by atoms with van der Waals surface area (Å²) in [7, 11) is 1.53. The first-order chi connectivity index (χ1) is 7.11. The maximum Gasteiger partial charge on any atom is 0.168 e. The fraction of sp³-hybridized carbons (Fsp3) is 0.364. The zero-order chi connectivity index (χ0) is 11.4. The topological polar surface area (TPSA) is 52.3 Å². The van der Waals surface area contributed by atoms with E-state index in [1.165, 1.54) is 7.11 Å². The van der Waals surface area contributed by atoms with Crippen LogP contribution in [0.3, 0.4) is 0 Å². The maximum atomic E-state index is 11.8. The lowest BCUT2D eigenvalue weighted by Gasteiger charge is -2.11. The Morgan fingerprint density at radius 2 is 2.20 bits per heavy atom. The van der Waals surface area contributed by atoms with E-state index in [9.17, 15) is 4.79 Å². The van der Waals surface area contributed by atoms with Gasteiger partial charge in [-0.3, -0.25) is 4.79 Å². The summed E-state index contributed by atoms with van der Waals surface area (Å²) in [5.41, 5.74) is 6.63. The van der Waals surface area contributed by atoms with Crippen molar-refractivity contribution in [2.24, 2.45) is 5.73 Å². The summed E-state index contributed by atoms with van der Waals surface area (Å²) in [5, 5.41) is 0.566. The van der Waals surface area contributed by atoms with E-state index in [0.717, 1.165) is 5.56 Å². The van der Waals surface area contributed by atoms with Crippen molar-refractivity contribution in [1.29, 1.82) is 0 Å². The Morgan fingerprint density at radius 1 is 1.53 bits per heavy atom. The van der Waals surface area contributed by atoms with E-state index in [2.05, 4.69) is 0 Å². The van der Waals surface area contributed by atoms with Crippen LogP contribution in [-0.2, 0) is 0 Å². The zero-order valence-corrected chi connectivity index (χ0v) is 9.60.